The Bertz CT molecular complexity index is 376. The first-order valence-electron chi connectivity index (χ1n) is 6.71. The molecule has 0 aromatic carbocycles. The van der Waals surface area contributed by atoms with Crippen LogP contribution in [0.4, 0.5) is 5.82 Å². The van der Waals surface area contributed by atoms with Crippen molar-refractivity contribution in [2.24, 2.45) is 0 Å². The standard InChI is InChI=1S/C14H22N2O2/c1-3-16(10-13-5-4-8-18-13)14-9-12(11(2)17)6-7-15-14/h6-7,9,11,13,17H,3-5,8,10H2,1-2H3/t11-,13?/m1/s1. The van der Waals surface area contributed by atoms with Gasteiger partial charge >= 0.3 is 0 Å². The second-order valence-corrected chi connectivity index (χ2v) is 4.80. The molecule has 1 saturated heterocycles. The van der Waals surface area contributed by atoms with E-state index in [1.54, 1.807) is 13.1 Å². The molecule has 1 unspecified atom stereocenters. The minimum atomic E-state index is -0.451. The van der Waals surface area contributed by atoms with Crippen molar-refractivity contribution in [1.29, 1.82) is 0 Å². The highest BCUT2D eigenvalue weighted by atomic mass is 16.5. The summed E-state index contributed by atoms with van der Waals surface area (Å²) in [4.78, 5) is 6.60. The maximum Gasteiger partial charge on any atom is 0.128 e. The zero-order valence-corrected chi connectivity index (χ0v) is 11.2. The Morgan fingerprint density at radius 1 is 1.61 bits per heavy atom. The van der Waals surface area contributed by atoms with Gasteiger partial charge in [-0.15, -0.1) is 0 Å². The van der Waals surface area contributed by atoms with E-state index in [2.05, 4.69) is 16.8 Å². The van der Waals surface area contributed by atoms with Gasteiger partial charge in [-0.1, -0.05) is 0 Å². The lowest BCUT2D eigenvalue weighted by Gasteiger charge is -2.25. The summed E-state index contributed by atoms with van der Waals surface area (Å²) in [6.45, 7) is 6.55. The Morgan fingerprint density at radius 3 is 3.06 bits per heavy atom. The smallest absolute Gasteiger partial charge is 0.128 e. The SMILES string of the molecule is CCN(CC1CCCO1)c1cc([C@@H](C)O)ccn1. The molecule has 2 rings (SSSR count). The van der Waals surface area contributed by atoms with Crippen LogP contribution in [-0.4, -0.2) is 35.9 Å². The van der Waals surface area contributed by atoms with Crippen LogP contribution in [-0.2, 0) is 4.74 Å². The van der Waals surface area contributed by atoms with Crippen LogP contribution in [0.5, 0.6) is 0 Å². The molecule has 1 aliphatic heterocycles. The molecule has 0 amide bonds. The summed E-state index contributed by atoms with van der Waals surface area (Å²) in [5.74, 6) is 0.923. The molecule has 0 saturated carbocycles. The molecule has 4 heteroatoms. The van der Waals surface area contributed by atoms with Crippen LogP contribution in [0.25, 0.3) is 0 Å². The van der Waals surface area contributed by atoms with Gasteiger partial charge in [0, 0.05) is 25.9 Å². The highest BCUT2D eigenvalue weighted by molar-refractivity contribution is 5.41. The van der Waals surface area contributed by atoms with E-state index in [4.69, 9.17) is 4.74 Å². The fourth-order valence-electron chi connectivity index (χ4n) is 2.29. The Kier molecular flexibility index (Phi) is 4.55. The Morgan fingerprint density at radius 2 is 2.44 bits per heavy atom. The van der Waals surface area contributed by atoms with Gasteiger partial charge in [0.05, 0.1) is 12.2 Å². The predicted molar refractivity (Wildman–Crippen MR) is 71.7 cm³/mol. The van der Waals surface area contributed by atoms with Crippen LogP contribution >= 0.6 is 0 Å². The van der Waals surface area contributed by atoms with E-state index in [0.717, 1.165) is 43.9 Å². The molecule has 1 aromatic heterocycles. The number of aliphatic hydroxyl groups excluding tert-OH is 1. The number of hydrogen-bond acceptors (Lipinski definition) is 4. The Labute approximate surface area is 109 Å². The van der Waals surface area contributed by atoms with E-state index in [1.165, 1.54) is 0 Å². The van der Waals surface area contributed by atoms with Gasteiger partial charge in [-0.25, -0.2) is 4.98 Å². The van der Waals surface area contributed by atoms with Crippen LogP contribution in [0.3, 0.4) is 0 Å². The molecule has 1 aromatic rings. The number of likely N-dealkylation sites (N-methyl/N-ethyl adjacent to an activating group) is 1. The summed E-state index contributed by atoms with van der Waals surface area (Å²) in [7, 11) is 0. The third-order valence-electron chi connectivity index (χ3n) is 3.41. The minimum absolute atomic E-state index is 0.321. The maximum absolute atomic E-state index is 9.62. The van der Waals surface area contributed by atoms with E-state index in [-0.39, 0.29) is 0 Å². The molecule has 18 heavy (non-hydrogen) atoms. The number of aromatic nitrogens is 1. The minimum Gasteiger partial charge on any atom is -0.389 e. The first-order chi connectivity index (χ1) is 8.70. The number of nitrogens with zero attached hydrogens (tertiary/aromatic N) is 2. The fourth-order valence-corrected chi connectivity index (χ4v) is 2.29. The molecule has 0 aliphatic carbocycles. The summed E-state index contributed by atoms with van der Waals surface area (Å²) in [5.41, 5.74) is 0.908. The van der Waals surface area contributed by atoms with Crippen LogP contribution < -0.4 is 4.90 Å². The summed E-state index contributed by atoms with van der Waals surface area (Å²) < 4.78 is 5.67. The van der Waals surface area contributed by atoms with Crippen molar-refractivity contribution >= 4 is 5.82 Å². The first kappa shape index (κ1) is 13.3. The van der Waals surface area contributed by atoms with Gasteiger partial charge in [-0.2, -0.15) is 0 Å². The lowest BCUT2D eigenvalue weighted by atomic mass is 10.1. The molecule has 1 fully saturated rings. The van der Waals surface area contributed by atoms with E-state index in [0.29, 0.717) is 6.10 Å². The number of hydrogen-bond donors (Lipinski definition) is 1. The summed E-state index contributed by atoms with van der Waals surface area (Å²) >= 11 is 0. The second kappa shape index (κ2) is 6.16. The molecule has 2 heterocycles. The van der Waals surface area contributed by atoms with Gasteiger partial charge in [0.15, 0.2) is 0 Å². The molecule has 100 valence electrons. The van der Waals surface area contributed by atoms with E-state index < -0.39 is 6.10 Å². The molecular formula is C14H22N2O2. The summed E-state index contributed by atoms with van der Waals surface area (Å²) in [6.07, 6.45) is 3.92. The van der Waals surface area contributed by atoms with Crippen molar-refractivity contribution in [2.45, 2.75) is 38.9 Å². The number of ether oxygens (including phenoxy) is 1. The first-order valence-corrected chi connectivity index (χ1v) is 6.71. The lowest BCUT2D eigenvalue weighted by Crippen LogP contribution is -2.32. The van der Waals surface area contributed by atoms with Gasteiger partial charge in [0.25, 0.3) is 0 Å². The van der Waals surface area contributed by atoms with Gasteiger partial charge in [-0.05, 0) is 44.4 Å². The molecular weight excluding hydrogens is 228 g/mol. The molecule has 0 radical (unpaired) electrons. The maximum atomic E-state index is 9.62. The number of rotatable bonds is 5. The third-order valence-corrected chi connectivity index (χ3v) is 3.41. The average Bonchev–Trinajstić information content (AvgIpc) is 2.89. The van der Waals surface area contributed by atoms with Gasteiger partial charge < -0.3 is 14.7 Å². The van der Waals surface area contributed by atoms with E-state index >= 15 is 0 Å². The molecule has 2 atom stereocenters. The predicted octanol–water partition coefficient (Wildman–Crippen LogP) is 2.14. The number of pyridine rings is 1. The van der Waals surface area contributed by atoms with E-state index in [9.17, 15) is 5.11 Å². The second-order valence-electron chi connectivity index (χ2n) is 4.80. The van der Waals surface area contributed by atoms with Crippen LogP contribution in [0, 0.1) is 0 Å². The van der Waals surface area contributed by atoms with Gasteiger partial charge in [-0.3, -0.25) is 0 Å². The zero-order valence-electron chi connectivity index (χ0n) is 11.2. The molecule has 1 N–H and O–H groups in total. The monoisotopic (exact) mass is 250 g/mol. The van der Waals surface area contributed by atoms with Crippen LogP contribution in [0.1, 0.15) is 38.4 Å². The molecule has 0 spiro atoms. The number of anilines is 1. The zero-order chi connectivity index (χ0) is 13.0. The average molecular weight is 250 g/mol. The van der Waals surface area contributed by atoms with Gasteiger partial charge in [0.2, 0.25) is 0 Å². The quantitative estimate of drug-likeness (QED) is 0.869. The molecule has 0 bridgehead atoms. The summed E-state index contributed by atoms with van der Waals surface area (Å²) in [6, 6.07) is 3.82. The van der Waals surface area contributed by atoms with Crippen molar-refractivity contribution in [3.05, 3.63) is 23.9 Å². The van der Waals surface area contributed by atoms with Crippen molar-refractivity contribution in [1.82, 2.24) is 4.98 Å². The highest BCUT2D eigenvalue weighted by Gasteiger charge is 2.19. The molecule has 1 aliphatic rings. The van der Waals surface area contributed by atoms with Crippen LogP contribution in [0.15, 0.2) is 18.3 Å². The Hall–Kier alpha value is -1.13. The molecule has 4 nitrogen and oxygen atoms in total. The topological polar surface area (TPSA) is 45.6 Å². The van der Waals surface area contributed by atoms with Crippen molar-refractivity contribution in [3.63, 3.8) is 0 Å². The lowest BCUT2D eigenvalue weighted by molar-refractivity contribution is 0.115. The van der Waals surface area contributed by atoms with Crippen molar-refractivity contribution in [3.8, 4) is 0 Å². The van der Waals surface area contributed by atoms with Crippen molar-refractivity contribution < 1.29 is 9.84 Å². The largest absolute Gasteiger partial charge is 0.389 e. The fraction of sp³-hybridized carbons (Fsp3) is 0.643. The van der Waals surface area contributed by atoms with E-state index in [1.807, 2.05) is 12.1 Å². The Balaban J connectivity index is 2.08. The number of aliphatic hydroxyl groups is 1. The normalized spacial score (nSPS) is 20.9. The van der Waals surface area contributed by atoms with Crippen LogP contribution in [0.2, 0.25) is 0 Å². The van der Waals surface area contributed by atoms with Crippen molar-refractivity contribution in [2.75, 3.05) is 24.6 Å². The summed E-state index contributed by atoms with van der Waals surface area (Å²) in [5, 5.41) is 9.62. The highest BCUT2D eigenvalue weighted by Crippen LogP contribution is 2.20. The van der Waals surface area contributed by atoms with Gasteiger partial charge in [0.1, 0.15) is 5.82 Å². The third kappa shape index (κ3) is 3.21.